The quantitative estimate of drug-likeness (QED) is 0.714. The first kappa shape index (κ1) is 14.3. The van der Waals surface area contributed by atoms with Crippen LogP contribution in [0, 0.1) is 10.5 Å². The van der Waals surface area contributed by atoms with Gasteiger partial charge in [-0.3, -0.25) is 4.79 Å². The minimum absolute atomic E-state index is 0.189. The number of aryl methyl sites for hydroxylation is 1. The van der Waals surface area contributed by atoms with Crippen LogP contribution in [0.1, 0.15) is 15.9 Å². The molecular weight excluding hydrogens is 421 g/mol. The number of aromatic nitrogens is 1. The van der Waals surface area contributed by atoms with Gasteiger partial charge in [-0.05, 0) is 63.1 Å². The molecule has 0 aliphatic rings. The van der Waals surface area contributed by atoms with Gasteiger partial charge in [-0.25, -0.2) is 4.98 Å². The van der Waals surface area contributed by atoms with Crippen LogP contribution in [0.4, 0.5) is 11.5 Å². The predicted octanol–water partition coefficient (Wildman–Crippen LogP) is 3.59. The van der Waals surface area contributed by atoms with Crippen LogP contribution in [0.15, 0.2) is 34.9 Å². The number of nitrogens with zero attached hydrogens (tertiary/aromatic N) is 1. The number of nitrogens with one attached hydrogen (secondary N) is 1. The van der Waals surface area contributed by atoms with Gasteiger partial charge in [0.15, 0.2) is 0 Å². The van der Waals surface area contributed by atoms with Crippen molar-refractivity contribution in [2.75, 3.05) is 11.1 Å². The molecule has 2 rings (SSSR count). The molecule has 0 atom stereocenters. The Morgan fingerprint density at radius 1 is 1.47 bits per heavy atom. The summed E-state index contributed by atoms with van der Waals surface area (Å²) in [7, 11) is 0. The van der Waals surface area contributed by atoms with Crippen molar-refractivity contribution < 1.29 is 4.79 Å². The van der Waals surface area contributed by atoms with E-state index in [9.17, 15) is 4.79 Å². The molecule has 4 nitrogen and oxygen atoms in total. The van der Waals surface area contributed by atoms with E-state index in [1.807, 2.05) is 19.1 Å². The fourth-order valence-corrected chi connectivity index (χ4v) is 2.61. The Labute approximate surface area is 133 Å². The standard InChI is InChI=1S/C13H11BrIN3O/c1-7-3-2-4-9(11(7)15)13(19)18-12-10(14)5-8(16)6-17-12/h2-6H,16H2,1H3,(H,17,18,19). The summed E-state index contributed by atoms with van der Waals surface area (Å²) in [5.74, 6) is 0.266. The Morgan fingerprint density at radius 3 is 2.89 bits per heavy atom. The zero-order valence-corrected chi connectivity index (χ0v) is 13.8. The number of anilines is 2. The number of carbonyl (C=O) groups excluding carboxylic acids is 1. The Balaban J connectivity index is 2.28. The summed E-state index contributed by atoms with van der Waals surface area (Å²) < 4.78 is 1.59. The van der Waals surface area contributed by atoms with E-state index in [4.69, 9.17) is 5.73 Å². The first-order chi connectivity index (χ1) is 8.99. The molecule has 6 heteroatoms. The van der Waals surface area contributed by atoms with Crippen molar-refractivity contribution in [3.8, 4) is 0 Å². The molecule has 1 amide bonds. The third kappa shape index (κ3) is 3.24. The molecule has 0 spiro atoms. The first-order valence-electron chi connectivity index (χ1n) is 5.46. The summed E-state index contributed by atoms with van der Waals surface area (Å²) in [4.78, 5) is 16.3. The van der Waals surface area contributed by atoms with E-state index in [2.05, 4.69) is 48.8 Å². The molecular formula is C13H11BrIN3O. The van der Waals surface area contributed by atoms with E-state index < -0.39 is 0 Å². The molecule has 0 aliphatic heterocycles. The van der Waals surface area contributed by atoms with E-state index in [-0.39, 0.29) is 5.91 Å². The number of nitrogens with two attached hydrogens (primary N) is 1. The molecule has 98 valence electrons. The maximum Gasteiger partial charge on any atom is 0.257 e. The van der Waals surface area contributed by atoms with Crippen LogP contribution < -0.4 is 11.1 Å². The number of carbonyl (C=O) groups is 1. The number of hydrogen-bond acceptors (Lipinski definition) is 3. The Hall–Kier alpha value is -1.15. The highest BCUT2D eigenvalue weighted by molar-refractivity contribution is 14.1. The van der Waals surface area contributed by atoms with Gasteiger partial charge in [0, 0.05) is 3.57 Å². The molecule has 1 aromatic carbocycles. The highest BCUT2D eigenvalue weighted by atomic mass is 127. The summed E-state index contributed by atoms with van der Waals surface area (Å²) in [6.45, 7) is 1.97. The van der Waals surface area contributed by atoms with Crippen LogP contribution in [-0.2, 0) is 0 Å². The third-order valence-corrected chi connectivity index (χ3v) is 4.57. The second kappa shape index (κ2) is 5.87. The van der Waals surface area contributed by atoms with Gasteiger partial charge in [0.2, 0.25) is 0 Å². The van der Waals surface area contributed by atoms with Crippen molar-refractivity contribution in [1.82, 2.24) is 4.98 Å². The molecule has 2 aromatic rings. The fourth-order valence-electron chi connectivity index (χ4n) is 1.54. The number of rotatable bonds is 2. The highest BCUT2D eigenvalue weighted by Gasteiger charge is 2.13. The zero-order valence-electron chi connectivity index (χ0n) is 10.1. The van der Waals surface area contributed by atoms with Gasteiger partial charge in [0.25, 0.3) is 5.91 Å². The van der Waals surface area contributed by atoms with Crippen LogP contribution in [-0.4, -0.2) is 10.9 Å². The molecule has 0 unspecified atom stereocenters. The SMILES string of the molecule is Cc1cccc(C(=O)Nc2ncc(N)cc2Br)c1I. The van der Waals surface area contributed by atoms with Gasteiger partial charge in [-0.1, -0.05) is 12.1 Å². The molecule has 1 heterocycles. The van der Waals surface area contributed by atoms with Crippen molar-refractivity contribution in [3.05, 3.63) is 49.6 Å². The average molecular weight is 432 g/mol. The van der Waals surface area contributed by atoms with Crippen LogP contribution in [0.5, 0.6) is 0 Å². The summed E-state index contributed by atoms with van der Waals surface area (Å²) in [6.07, 6.45) is 1.50. The fraction of sp³-hybridized carbons (Fsp3) is 0.0769. The zero-order chi connectivity index (χ0) is 14.0. The summed E-state index contributed by atoms with van der Waals surface area (Å²) in [6, 6.07) is 7.31. The van der Waals surface area contributed by atoms with Crippen LogP contribution in [0.2, 0.25) is 0 Å². The molecule has 0 aliphatic carbocycles. The molecule has 1 aromatic heterocycles. The van der Waals surface area contributed by atoms with Crippen molar-refractivity contribution in [2.45, 2.75) is 6.92 Å². The highest BCUT2D eigenvalue weighted by Crippen LogP contribution is 2.23. The lowest BCUT2D eigenvalue weighted by molar-refractivity contribution is 0.102. The lowest BCUT2D eigenvalue weighted by atomic mass is 10.1. The van der Waals surface area contributed by atoms with E-state index in [1.165, 1.54) is 6.20 Å². The molecule has 0 saturated heterocycles. The maximum absolute atomic E-state index is 12.2. The molecule has 19 heavy (non-hydrogen) atoms. The van der Waals surface area contributed by atoms with Crippen LogP contribution >= 0.6 is 38.5 Å². The number of hydrogen-bond donors (Lipinski definition) is 2. The second-order valence-corrected chi connectivity index (χ2v) is 5.92. The van der Waals surface area contributed by atoms with Gasteiger partial charge in [0.1, 0.15) is 5.82 Å². The molecule has 0 bridgehead atoms. The molecule has 0 radical (unpaired) electrons. The maximum atomic E-state index is 12.2. The summed E-state index contributed by atoms with van der Waals surface area (Å²) in [5.41, 5.74) is 7.84. The van der Waals surface area contributed by atoms with E-state index >= 15 is 0 Å². The van der Waals surface area contributed by atoms with Gasteiger partial charge in [-0.2, -0.15) is 0 Å². The van der Waals surface area contributed by atoms with Gasteiger partial charge < -0.3 is 11.1 Å². The van der Waals surface area contributed by atoms with E-state index in [1.54, 1.807) is 12.1 Å². The molecule has 0 saturated carbocycles. The van der Waals surface area contributed by atoms with Gasteiger partial charge in [0.05, 0.1) is 21.9 Å². The van der Waals surface area contributed by atoms with Crippen LogP contribution in [0.25, 0.3) is 0 Å². The Kier molecular flexibility index (Phi) is 4.41. The topological polar surface area (TPSA) is 68.0 Å². The smallest absolute Gasteiger partial charge is 0.257 e. The lowest BCUT2D eigenvalue weighted by Crippen LogP contribution is -2.15. The lowest BCUT2D eigenvalue weighted by Gasteiger charge is -2.09. The summed E-state index contributed by atoms with van der Waals surface area (Å²) in [5, 5.41) is 2.76. The number of pyridine rings is 1. The minimum Gasteiger partial charge on any atom is -0.397 e. The Morgan fingerprint density at radius 2 is 2.21 bits per heavy atom. The average Bonchev–Trinajstić information content (AvgIpc) is 2.36. The number of nitrogen functional groups attached to an aromatic ring is 1. The number of amides is 1. The second-order valence-electron chi connectivity index (χ2n) is 3.99. The van der Waals surface area contributed by atoms with Crippen molar-refractivity contribution in [3.63, 3.8) is 0 Å². The molecule has 3 N–H and O–H groups in total. The minimum atomic E-state index is -0.189. The van der Waals surface area contributed by atoms with Gasteiger partial charge >= 0.3 is 0 Å². The van der Waals surface area contributed by atoms with Crippen molar-refractivity contribution in [1.29, 1.82) is 0 Å². The summed E-state index contributed by atoms with van der Waals surface area (Å²) >= 11 is 5.49. The van der Waals surface area contributed by atoms with E-state index in [0.29, 0.717) is 21.5 Å². The van der Waals surface area contributed by atoms with Crippen molar-refractivity contribution >= 4 is 55.9 Å². The molecule has 0 fully saturated rings. The van der Waals surface area contributed by atoms with Crippen molar-refractivity contribution in [2.24, 2.45) is 0 Å². The number of benzene rings is 1. The van der Waals surface area contributed by atoms with E-state index in [0.717, 1.165) is 9.13 Å². The normalized spacial score (nSPS) is 10.3. The first-order valence-corrected chi connectivity index (χ1v) is 7.33. The Bertz CT molecular complexity index is 646. The largest absolute Gasteiger partial charge is 0.397 e. The number of halogens is 2. The van der Waals surface area contributed by atoms with Crippen LogP contribution in [0.3, 0.4) is 0 Å². The van der Waals surface area contributed by atoms with Gasteiger partial charge in [-0.15, -0.1) is 0 Å². The third-order valence-electron chi connectivity index (χ3n) is 2.53. The monoisotopic (exact) mass is 431 g/mol. The predicted molar refractivity (Wildman–Crippen MR) is 88.2 cm³/mol.